The van der Waals surface area contributed by atoms with Gasteiger partial charge in [0, 0.05) is 23.2 Å². The van der Waals surface area contributed by atoms with Crippen LogP contribution in [0.25, 0.3) is 11.5 Å². The Hall–Kier alpha value is -1.43. The van der Waals surface area contributed by atoms with E-state index in [0.717, 1.165) is 18.5 Å². The zero-order valence-corrected chi connectivity index (χ0v) is 12.6. The number of hydrogen-bond donors (Lipinski definition) is 1. The summed E-state index contributed by atoms with van der Waals surface area (Å²) in [7, 11) is 0. The van der Waals surface area contributed by atoms with Crippen molar-refractivity contribution < 1.29 is 4.42 Å². The second-order valence-corrected chi connectivity index (χ2v) is 5.80. The first-order valence-electron chi connectivity index (χ1n) is 7.28. The first kappa shape index (κ1) is 14.5. The molecule has 21 heavy (non-hydrogen) atoms. The van der Waals surface area contributed by atoms with Crippen molar-refractivity contribution in [3.63, 3.8) is 0 Å². The van der Waals surface area contributed by atoms with Gasteiger partial charge in [0.15, 0.2) is 0 Å². The molecule has 0 bridgehead atoms. The standard InChI is InChI=1S/C15H19ClN4O/c16-12-6-4-11(5-7-12)15-19-18-14(21-15)10-20-8-2-1-3-13(20)9-17/h4-7,13H,1-3,8-10,17H2. The molecule has 1 aliphatic heterocycles. The Morgan fingerprint density at radius 1 is 1.24 bits per heavy atom. The molecule has 0 aliphatic carbocycles. The van der Waals surface area contributed by atoms with Crippen LogP contribution in [0.4, 0.5) is 0 Å². The summed E-state index contributed by atoms with van der Waals surface area (Å²) in [4.78, 5) is 2.34. The van der Waals surface area contributed by atoms with Crippen molar-refractivity contribution in [3.05, 3.63) is 35.2 Å². The zero-order chi connectivity index (χ0) is 14.7. The van der Waals surface area contributed by atoms with Crippen molar-refractivity contribution >= 4 is 11.6 Å². The number of aromatic nitrogens is 2. The fraction of sp³-hybridized carbons (Fsp3) is 0.467. The number of likely N-dealkylation sites (tertiary alicyclic amines) is 1. The highest BCUT2D eigenvalue weighted by Gasteiger charge is 2.23. The summed E-state index contributed by atoms with van der Waals surface area (Å²) in [5, 5.41) is 8.95. The Kier molecular flexibility index (Phi) is 4.53. The number of nitrogens with zero attached hydrogens (tertiary/aromatic N) is 3. The lowest BCUT2D eigenvalue weighted by Gasteiger charge is -2.33. The molecule has 0 spiro atoms. The van der Waals surface area contributed by atoms with Crippen LogP contribution in [0.1, 0.15) is 25.2 Å². The molecule has 112 valence electrons. The van der Waals surface area contributed by atoms with Gasteiger partial charge in [-0.25, -0.2) is 0 Å². The topological polar surface area (TPSA) is 68.2 Å². The number of benzene rings is 1. The van der Waals surface area contributed by atoms with Gasteiger partial charge in [-0.3, -0.25) is 4.90 Å². The lowest BCUT2D eigenvalue weighted by atomic mass is 10.0. The van der Waals surface area contributed by atoms with Crippen molar-refractivity contribution in [3.8, 4) is 11.5 Å². The van der Waals surface area contributed by atoms with Gasteiger partial charge in [0.25, 0.3) is 0 Å². The van der Waals surface area contributed by atoms with E-state index >= 15 is 0 Å². The van der Waals surface area contributed by atoms with Crippen LogP contribution >= 0.6 is 11.6 Å². The predicted octanol–water partition coefficient (Wildman–Crippen LogP) is 2.70. The lowest BCUT2D eigenvalue weighted by molar-refractivity contribution is 0.132. The van der Waals surface area contributed by atoms with E-state index in [2.05, 4.69) is 15.1 Å². The maximum atomic E-state index is 5.88. The molecule has 1 unspecified atom stereocenters. The molecule has 6 heteroatoms. The van der Waals surface area contributed by atoms with Crippen LogP contribution in [0.3, 0.4) is 0 Å². The van der Waals surface area contributed by atoms with Crippen LogP contribution in [-0.4, -0.2) is 34.2 Å². The third kappa shape index (κ3) is 3.43. The quantitative estimate of drug-likeness (QED) is 0.940. The highest BCUT2D eigenvalue weighted by molar-refractivity contribution is 6.30. The van der Waals surface area contributed by atoms with Gasteiger partial charge in [0.1, 0.15) is 0 Å². The van der Waals surface area contributed by atoms with E-state index in [0.29, 0.717) is 35.9 Å². The van der Waals surface area contributed by atoms with Crippen molar-refractivity contribution in [2.24, 2.45) is 5.73 Å². The van der Waals surface area contributed by atoms with Gasteiger partial charge >= 0.3 is 0 Å². The van der Waals surface area contributed by atoms with Gasteiger partial charge in [-0.1, -0.05) is 18.0 Å². The van der Waals surface area contributed by atoms with Gasteiger partial charge < -0.3 is 10.2 Å². The Morgan fingerprint density at radius 3 is 2.81 bits per heavy atom. The summed E-state index contributed by atoms with van der Waals surface area (Å²) in [6.07, 6.45) is 3.60. The van der Waals surface area contributed by atoms with Gasteiger partial charge in [-0.05, 0) is 43.7 Å². The number of halogens is 1. The highest BCUT2D eigenvalue weighted by atomic mass is 35.5. The maximum Gasteiger partial charge on any atom is 0.247 e. The van der Waals surface area contributed by atoms with Crippen LogP contribution in [0.2, 0.25) is 5.02 Å². The number of piperidine rings is 1. The van der Waals surface area contributed by atoms with E-state index in [1.54, 1.807) is 0 Å². The molecule has 0 amide bonds. The Bertz CT molecular complexity index is 584. The molecule has 1 atom stereocenters. The van der Waals surface area contributed by atoms with Crippen LogP contribution in [0.5, 0.6) is 0 Å². The summed E-state index contributed by atoms with van der Waals surface area (Å²) in [6, 6.07) is 7.81. The molecule has 1 aromatic carbocycles. The number of nitrogens with two attached hydrogens (primary N) is 1. The minimum atomic E-state index is 0.421. The smallest absolute Gasteiger partial charge is 0.247 e. The second kappa shape index (κ2) is 6.56. The van der Waals surface area contributed by atoms with Crippen molar-refractivity contribution in [1.29, 1.82) is 0 Å². The van der Waals surface area contributed by atoms with E-state index in [1.807, 2.05) is 24.3 Å². The van der Waals surface area contributed by atoms with E-state index in [9.17, 15) is 0 Å². The molecule has 1 saturated heterocycles. The fourth-order valence-electron chi connectivity index (χ4n) is 2.74. The molecular formula is C15H19ClN4O. The minimum Gasteiger partial charge on any atom is -0.419 e. The SMILES string of the molecule is NCC1CCCCN1Cc1nnc(-c2ccc(Cl)cc2)o1. The van der Waals surface area contributed by atoms with Crippen molar-refractivity contribution in [1.82, 2.24) is 15.1 Å². The third-order valence-electron chi connectivity index (χ3n) is 3.92. The average molecular weight is 307 g/mol. The Morgan fingerprint density at radius 2 is 2.05 bits per heavy atom. The fourth-order valence-corrected chi connectivity index (χ4v) is 2.86. The highest BCUT2D eigenvalue weighted by Crippen LogP contribution is 2.22. The van der Waals surface area contributed by atoms with Crippen LogP contribution in [0, 0.1) is 0 Å². The van der Waals surface area contributed by atoms with Crippen LogP contribution in [0.15, 0.2) is 28.7 Å². The van der Waals surface area contributed by atoms with Crippen LogP contribution in [-0.2, 0) is 6.54 Å². The second-order valence-electron chi connectivity index (χ2n) is 5.36. The molecule has 2 aromatic rings. The van der Waals surface area contributed by atoms with Gasteiger partial charge in [-0.2, -0.15) is 0 Å². The van der Waals surface area contributed by atoms with Crippen molar-refractivity contribution in [2.45, 2.75) is 31.8 Å². The summed E-state index contributed by atoms with van der Waals surface area (Å²) in [6.45, 7) is 2.39. The molecule has 5 nitrogen and oxygen atoms in total. The summed E-state index contributed by atoms with van der Waals surface area (Å²) >= 11 is 5.88. The first-order chi connectivity index (χ1) is 10.3. The van der Waals surface area contributed by atoms with Gasteiger partial charge in [0.05, 0.1) is 6.54 Å². The monoisotopic (exact) mass is 306 g/mol. The molecule has 0 radical (unpaired) electrons. The van der Waals surface area contributed by atoms with E-state index in [-0.39, 0.29) is 0 Å². The van der Waals surface area contributed by atoms with Crippen LogP contribution < -0.4 is 5.73 Å². The maximum absolute atomic E-state index is 5.88. The molecule has 3 rings (SSSR count). The van der Waals surface area contributed by atoms with E-state index in [1.165, 1.54) is 12.8 Å². The van der Waals surface area contributed by atoms with Gasteiger partial charge in [-0.15, -0.1) is 10.2 Å². The third-order valence-corrected chi connectivity index (χ3v) is 4.17. The van der Waals surface area contributed by atoms with E-state index in [4.69, 9.17) is 21.8 Å². The van der Waals surface area contributed by atoms with Gasteiger partial charge in [0.2, 0.25) is 11.8 Å². The van der Waals surface area contributed by atoms with Crippen molar-refractivity contribution in [2.75, 3.05) is 13.1 Å². The normalized spacial score (nSPS) is 19.8. The molecule has 2 heterocycles. The van der Waals surface area contributed by atoms with E-state index < -0.39 is 0 Å². The summed E-state index contributed by atoms with van der Waals surface area (Å²) in [5.41, 5.74) is 6.72. The minimum absolute atomic E-state index is 0.421. The average Bonchev–Trinajstić information content (AvgIpc) is 2.97. The zero-order valence-electron chi connectivity index (χ0n) is 11.8. The largest absolute Gasteiger partial charge is 0.419 e. The molecule has 0 saturated carbocycles. The Balaban J connectivity index is 1.71. The molecule has 1 aromatic heterocycles. The summed E-state index contributed by atoms with van der Waals surface area (Å²) < 4.78 is 5.76. The molecule has 2 N–H and O–H groups in total. The Labute approximate surface area is 129 Å². The number of hydrogen-bond acceptors (Lipinski definition) is 5. The first-order valence-corrected chi connectivity index (χ1v) is 7.66. The predicted molar refractivity (Wildman–Crippen MR) is 81.8 cm³/mol. The molecule has 1 aliphatic rings. The molecule has 1 fully saturated rings. The molecular weight excluding hydrogens is 288 g/mol. The summed E-state index contributed by atoms with van der Waals surface area (Å²) in [5.74, 6) is 1.17. The lowest BCUT2D eigenvalue weighted by Crippen LogP contribution is -2.43. The number of rotatable bonds is 4.